The Labute approximate surface area is 111 Å². The maximum atomic E-state index is 11.9. The van der Waals surface area contributed by atoms with Gasteiger partial charge >= 0.3 is 0 Å². The van der Waals surface area contributed by atoms with Gasteiger partial charge in [-0.1, -0.05) is 29.7 Å². The van der Waals surface area contributed by atoms with Crippen LogP contribution in [0.3, 0.4) is 0 Å². The molecule has 1 N–H and O–H groups in total. The zero-order valence-corrected chi connectivity index (χ0v) is 10.7. The van der Waals surface area contributed by atoms with Gasteiger partial charge in [0.25, 0.3) is 0 Å². The highest BCUT2D eigenvalue weighted by molar-refractivity contribution is 6.35. The first-order chi connectivity index (χ1) is 8.65. The highest BCUT2D eigenvalue weighted by Crippen LogP contribution is 2.27. The molecule has 1 aromatic carbocycles. The maximum absolute atomic E-state index is 11.9. The molecule has 0 spiro atoms. The predicted octanol–water partition coefficient (Wildman–Crippen LogP) is 2.61. The van der Waals surface area contributed by atoms with Gasteiger partial charge < -0.3 is 9.88 Å². The third kappa shape index (κ3) is 2.20. The zero-order valence-electron chi connectivity index (χ0n) is 9.98. The molecule has 0 saturated carbocycles. The normalized spacial score (nSPS) is 12.1. The lowest BCUT2D eigenvalue weighted by molar-refractivity contribution is -0.123. The number of para-hydroxylation sites is 1. The minimum Gasteiger partial charge on any atom is -0.343 e. The monoisotopic (exact) mass is 260 g/mol. The molecule has 0 fully saturated rings. The van der Waals surface area contributed by atoms with E-state index in [0.717, 1.165) is 10.9 Å². The average molecular weight is 261 g/mol. The number of carbonyl (C=O) groups is 1. The van der Waals surface area contributed by atoms with Crippen molar-refractivity contribution in [1.29, 1.82) is 0 Å². The number of rotatable bonds is 3. The van der Waals surface area contributed by atoms with Crippen molar-refractivity contribution in [2.75, 3.05) is 6.54 Å². The molecule has 92 valence electrons. The second-order valence-electron chi connectivity index (χ2n) is 4.00. The topological polar surface area (TPSA) is 34.0 Å². The van der Waals surface area contributed by atoms with Gasteiger partial charge in [0.1, 0.15) is 6.04 Å². The Hall–Kier alpha value is -1.92. The number of amides is 1. The molecule has 1 atom stereocenters. The third-order valence-electron chi connectivity index (χ3n) is 2.85. The van der Waals surface area contributed by atoms with Crippen LogP contribution in [0.1, 0.15) is 13.0 Å². The SMILES string of the molecule is C#CCNC(=O)C(C)n1ccc2cccc(Cl)c21. The van der Waals surface area contributed by atoms with E-state index >= 15 is 0 Å². The number of fused-ring (bicyclic) bond motifs is 1. The summed E-state index contributed by atoms with van der Waals surface area (Å²) in [6.45, 7) is 2.05. The molecule has 3 nitrogen and oxygen atoms in total. The van der Waals surface area contributed by atoms with Gasteiger partial charge in [-0.3, -0.25) is 4.79 Å². The Balaban J connectivity index is 2.37. The Morgan fingerprint density at radius 1 is 1.56 bits per heavy atom. The molecule has 1 heterocycles. The molecule has 1 amide bonds. The van der Waals surface area contributed by atoms with Crippen LogP contribution in [0.2, 0.25) is 5.02 Å². The molecule has 18 heavy (non-hydrogen) atoms. The number of carbonyl (C=O) groups excluding carboxylic acids is 1. The fourth-order valence-electron chi connectivity index (χ4n) is 1.91. The summed E-state index contributed by atoms with van der Waals surface area (Å²) >= 11 is 6.17. The first-order valence-electron chi connectivity index (χ1n) is 5.61. The number of halogens is 1. The molecule has 0 radical (unpaired) electrons. The van der Waals surface area contributed by atoms with Crippen molar-refractivity contribution < 1.29 is 4.79 Å². The second kappa shape index (κ2) is 5.16. The first-order valence-corrected chi connectivity index (χ1v) is 5.99. The zero-order chi connectivity index (χ0) is 13.1. The summed E-state index contributed by atoms with van der Waals surface area (Å²) in [7, 11) is 0. The van der Waals surface area contributed by atoms with Crippen molar-refractivity contribution in [2.24, 2.45) is 0 Å². The fourth-order valence-corrected chi connectivity index (χ4v) is 2.19. The van der Waals surface area contributed by atoms with Crippen LogP contribution >= 0.6 is 11.6 Å². The molecule has 1 unspecified atom stereocenters. The Morgan fingerprint density at radius 3 is 3.06 bits per heavy atom. The molecule has 1 aromatic heterocycles. The summed E-state index contributed by atoms with van der Waals surface area (Å²) in [6, 6.07) is 7.25. The van der Waals surface area contributed by atoms with Crippen molar-refractivity contribution in [2.45, 2.75) is 13.0 Å². The van der Waals surface area contributed by atoms with Gasteiger partial charge in [-0.05, 0) is 19.1 Å². The van der Waals surface area contributed by atoms with Gasteiger partial charge in [-0.25, -0.2) is 0 Å². The van der Waals surface area contributed by atoms with E-state index in [1.165, 1.54) is 0 Å². The molecule has 2 rings (SSSR count). The van der Waals surface area contributed by atoms with Gasteiger partial charge in [0.2, 0.25) is 5.91 Å². The lowest BCUT2D eigenvalue weighted by atomic mass is 10.2. The quantitative estimate of drug-likeness (QED) is 0.846. The van der Waals surface area contributed by atoms with Crippen LogP contribution < -0.4 is 5.32 Å². The number of aromatic nitrogens is 1. The van der Waals surface area contributed by atoms with E-state index in [1.807, 2.05) is 42.0 Å². The van der Waals surface area contributed by atoms with Crippen LogP contribution in [0.4, 0.5) is 0 Å². The van der Waals surface area contributed by atoms with Crippen molar-refractivity contribution in [3.63, 3.8) is 0 Å². The minimum absolute atomic E-state index is 0.120. The molecule has 0 bridgehead atoms. The molecular weight excluding hydrogens is 248 g/mol. The van der Waals surface area contributed by atoms with E-state index in [0.29, 0.717) is 5.02 Å². The van der Waals surface area contributed by atoms with Crippen LogP contribution in [-0.2, 0) is 4.79 Å². The smallest absolute Gasteiger partial charge is 0.243 e. The summed E-state index contributed by atoms with van der Waals surface area (Å²) < 4.78 is 1.85. The molecule has 0 saturated heterocycles. The van der Waals surface area contributed by atoms with Crippen molar-refractivity contribution in [1.82, 2.24) is 9.88 Å². The molecule has 0 aliphatic rings. The number of nitrogens with zero attached hydrogens (tertiary/aromatic N) is 1. The van der Waals surface area contributed by atoms with E-state index < -0.39 is 0 Å². The van der Waals surface area contributed by atoms with E-state index in [-0.39, 0.29) is 18.5 Å². The van der Waals surface area contributed by atoms with Crippen molar-refractivity contribution in [3.8, 4) is 12.3 Å². The number of terminal acetylenes is 1. The molecule has 0 aliphatic carbocycles. The van der Waals surface area contributed by atoms with E-state index in [4.69, 9.17) is 18.0 Å². The van der Waals surface area contributed by atoms with Gasteiger partial charge in [-0.2, -0.15) is 0 Å². The van der Waals surface area contributed by atoms with Gasteiger partial charge in [-0.15, -0.1) is 6.42 Å². The van der Waals surface area contributed by atoms with Crippen LogP contribution in [0, 0.1) is 12.3 Å². The lowest BCUT2D eigenvalue weighted by Gasteiger charge is -2.15. The summed E-state index contributed by atoms with van der Waals surface area (Å²) in [6.07, 6.45) is 6.98. The minimum atomic E-state index is -0.351. The Morgan fingerprint density at radius 2 is 2.33 bits per heavy atom. The highest BCUT2D eigenvalue weighted by Gasteiger charge is 2.16. The van der Waals surface area contributed by atoms with Gasteiger partial charge in [0.15, 0.2) is 0 Å². The maximum Gasteiger partial charge on any atom is 0.243 e. The molecular formula is C14H13ClN2O. The summed E-state index contributed by atoms with van der Waals surface area (Å²) in [5, 5.41) is 4.31. The van der Waals surface area contributed by atoms with E-state index in [1.54, 1.807) is 0 Å². The van der Waals surface area contributed by atoms with E-state index in [2.05, 4.69) is 11.2 Å². The van der Waals surface area contributed by atoms with Gasteiger partial charge in [0, 0.05) is 11.6 Å². The van der Waals surface area contributed by atoms with Crippen molar-refractivity contribution in [3.05, 3.63) is 35.5 Å². The number of nitrogens with one attached hydrogen (secondary N) is 1. The largest absolute Gasteiger partial charge is 0.343 e. The Kier molecular flexibility index (Phi) is 3.59. The standard InChI is InChI=1S/C14H13ClN2O/c1-3-8-16-14(18)10(2)17-9-7-11-5-4-6-12(15)13(11)17/h1,4-7,9-10H,8H2,2H3,(H,16,18). The van der Waals surface area contributed by atoms with Crippen LogP contribution in [-0.4, -0.2) is 17.0 Å². The number of hydrogen-bond donors (Lipinski definition) is 1. The summed E-state index contributed by atoms with van der Waals surface area (Å²) in [4.78, 5) is 11.9. The number of benzene rings is 1. The van der Waals surface area contributed by atoms with Gasteiger partial charge in [0.05, 0.1) is 17.1 Å². The second-order valence-corrected chi connectivity index (χ2v) is 4.41. The van der Waals surface area contributed by atoms with Crippen LogP contribution in [0.5, 0.6) is 0 Å². The third-order valence-corrected chi connectivity index (χ3v) is 3.16. The average Bonchev–Trinajstić information content (AvgIpc) is 2.80. The summed E-state index contributed by atoms with van der Waals surface area (Å²) in [5.41, 5.74) is 0.863. The first kappa shape index (κ1) is 12.5. The fraction of sp³-hybridized carbons (Fsp3) is 0.214. The number of hydrogen-bond acceptors (Lipinski definition) is 1. The lowest BCUT2D eigenvalue weighted by Crippen LogP contribution is -2.30. The highest BCUT2D eigenvalue weighted by atomic mass is 35.5. The van der Waals surface area contributed by atoms with E-state index in [9.17, 15) is 4.79 Å². The molecule has 4 heteroatoms. The summed E-state index contributed by atoms with van der Waals surface area (Å²) in [5.74, 6) is 2.26. The van der Waals surface area contributed by atoms with Crippen LogP contribution in [0.25, 0.3) is 10.9 Å². The predicted molar refractivity (Wildman–Crippen MR) is 73.5 cm³/mol. The Bertz CT molecular complexity index is 624. The molecule has 0 aliphatic heterocycles. The molecule has 2 aromatic rings. The van der Waals surface area contributed by atoms with Crippen LogP contribution in [0.15, 0.2) is 30.5 Å². The van der Waals surface area contributed by atoms with Crippen molar-refractivity contribution >= 4 is 28.4 Å².